The number of thioether (sulfide) groups is 1. The zero-order valence-electron chi connectivity index (χ0n) is 16.3. The monoisotopic (exact) mass is 457 g/mol. The Labute approximate surface area is 177 Å². The Balaban J connectivity index is 2.02. The van der Waals surface area contributed by atoms with Gasteiger partial charge in [-0.15, -0.1) is 0 Å². The molecule has 0 saturated heterocycles. The lowest BCUT2D eigenvalue weighted by atomic mass is 10.1. The molecule has 1 aromatic carbocycles. The van der Waals surface area contributed by atoms with Gasteiger partial charge in [0, 0.05) is 17.8 Å². The van der Waals surface area contributed by atoms with E-state index in [0.29, 0.717) is 5.56 Å². The molecule has 3 rings (SSSR count). The van der Waals surface area contributed by atoms with Crippen LogP contribution in [0.15, 0.2) is 52.5 Å². The summed E-state index contributed by atoms with van der Waals surface area (Å²) in [5.41, 5.74) is -1.15. The zero-order valence-corrected chi connectivity index (χ0v) is 17.1. The molecule has 0 bridgehead atoms. The van der Waals surface area contributed by atoms with Crippen LogP contribution in [0.4, 0.5) is 22.0 Å². The Kier molecular flexibility index (Phi) is 6.63. The highest BCUT2D eigenvalue weighted by Crippen LogP contribution is 2.36. The third-order valence-electron chi connectivity index (χ3n) is 4.33. The highest BCUT2D eigenvalue weighted by atomic mass is 32.2. The van der Waals surface area contributed by atoms with Crippen LogP contribution in [0.1, 0.15) is 23.2 Å². The van der Waals surface area contributed by atoms with Gasteiger partial charge < -0.3 is 9.30 Å². The Morgan fingerprint density at radius 1 is 1.13 bits per heavy atom. The summed E-state index contributed by atoms with van der Waals surface area (Å²) in [5, 5.41) is 0.135. The minimum atomic E-state index is -4.63. The topological polar surface area (TPSA) is 57.0 Å². The van der Waals surface area contributed by atoms with Crippen molar-refractivity contribution in [2.24, 2.45) is 0 Å². The van der Waals surface area contributed by atoms with Crippen LogP contribution in [-0.4, -0.2) is 27.9 Å². The highest BCUT2D eigenvalue weighted by Gasteiger charge is 2.34. The van der Waals surface area contributed by atoms with E-state index in [0.717, 1.165) is 31.0 Å². The van der Waals surface area contributed by atoms with Gasteiger partial charge in [-0.3, -0.25) is 4.79 Å². The van der Waals surface area contributed by atoms with Crippen molar-refractivity contribution in [3.8, 4) is 17.0 Å². The predicted octanol–water partition coefficient (Wildman–Crippen LogP) is 5.04. The van der Waals surface area contributed by atoms with Crippen LogP contribution in [0.2, 0.25) is 0 Å². The number of alkyl halides is 5. The third-order valence-corrected chi connectivity index (χ3v) is 4.88. The minimum absolute atomic E-state index is 0.135. The van der Waals surface area contributed by atoms with Crippen molar-refractivity contribution < 1.29 is 26.7 Å². The number of rotatable bonds is 6. The Morgan fingerprint density at radius 3 is 2.48 bits per heavy atom. The van der Waals surface area contributed by atoms with Crippen molar-refractivity contribution in [3.05, 3.63) is 69.8 Å². The summed E-state index contributed by atoms with van der Waals surface area (Å²) in [6.45, 7) is -0.165. The van der Waals surface area contributed by atoms with Crippen LogP contribution < -0.4 is 10.3 Å². The molecule has 0 aliphatic rings. The van der Waals surface area contributed by atoms with E-state index in [1.165, 1.54) is 35.0 Å². The number of halogens is 5. The second kappa shape index (κ2) is 9.04. The molecule has 2 aromatic heterocycles. The van der Waals surface area contributed by atoms with E-state index in [1.54, 1.807) is 6.26 Å². The minimum Gasteiger partial charge on any atom is -0.496 e. The van der Waals surface area contributed by atoms with Gasteiger partial charge in [0.2, 0.25) is 0 Å². The standard InChI is InChI=1S/C20H16F5N3O2S/c1-30-16-5-3-11(7-13(16)20(23,24)25)9-28-10-12(4-6-17(28)29)14-8-15(18(21)22)27-19(26-14)31-2/h3-8,10,18H,9H2,1-2H3. The maximum absolute atomic E-state index is 13.3. The molecule has 164 valence electrons. The first kappa shape index (κ1) is 22.7. The zero-order chi connectivity index (χ0) is 22.8. The summed E-state index contributed by atoms with van der Waals surface area (Å²) in [6.07, 6.45) is -4.44. The molecular formula is C20H16F5N3O2S. The van der Waals surface area contributed by atoms with E-state index in [9.17, 15) is 26.7 Å². The summed E-state index contributed by atoms with van der Waals surface area (Å²) < 4.78 is 72.0. The fourth-order valence-corrected chi connectivity index (χ4v) is 3.26. The molecule has 0 aliphatic heterocycles. The second-order valence-electron chi connectivity index (χ2n) is 6.38. The quantitative estimate of drug-likeness (QED) is 0.295. The maximum atomic E-state index is 13.3. The predicted molar refractivity (Wildman–Crippen MR) is 106 cm³/mol. The summed E-state index contributed by atoms with van der Waals surface area (Å²) in [7, 11) is 1.14. The first-order valence-electron chi connectivity index (χ1n) is 8.78. The van der Waals surface area contributed by atoms with Crippen molar-refractivity contribution in [1.82, 2.24) is 14.5 Å². The molecule has 3 aromatic rings. The molecule has 5 nitrogen and oxygen atoms in total. The van der Waals surface area contributed by atoms with Crippen molar-refractivity contribution in [1.29, 1.82) is 0 Å². The third kappa shape index (κ3) is 5.22. The molecule has 0 radical (unpaired) electrons. The van der Waals surface area contributed by atoms with E-state index in [2.05, 4.69) is 9.97 Å². The first-order chi connectivity index (χ1) is 14.6. The normalized spacial score (nSPS) is 11.7. The van der Waals surface area contributed by atoms with Crippen LogP contribution in [0.3, 0.4) is 0 Å². The van der Waals surface area contributed by atoms with Crippen LogP contribution in [0.5, 0.6) is 5.75 Å². The van der Waals surface area contributed by atoms with E-state index in [-0.39, 0.29) is 28.7 Å². The lowest BCUT2D eigenvalue weighted by molar-refractivity contribution is -0.138. The molecule has 2 heterocycles. The number of hydrogen-bond acceptors (Lipinski definition) is 5. The summed E-state index contributed by atoms with van der Waals surface area (Å²) in [5.74, 6) is -0.331. The summed E-state index contributed by atoms with van der Waals surface area (Å²) in [4.78, 5) is 20.2. The molecule has 0 unspecified atom stereocenters. The van der Waals surface area contributed by atoms with Gasteiger partial charge in [0.05, 0.1) is 24.9 Å². The van der Waals surface area contributed by atoms with Crippen molar-refractivity contribution >= 4 is 11.8 Å². The Bertz CT molecular complexity index is 1150. The fourth-order valence-electron chi connectivity index (χ4n) is 2.87. The van der Waals surface area contributed by atoms with Gasteiger partial charge in [0.1, 0.15) is 11.4 Å². The van der Waals surface area contributed by atoms with Crippen LogP contribution in [0, 0.1) is 0 Å². The number of ether oxygens (including phenoxy) is 1. The maximum Gasteiger partial charge on any atom is 0.419 e. The smallest absolute Gasteiger partial charge is 0.419 e. The summed E-state index contributed by atoms with van der Waals surface area (Å²) in [6, 6.07) is 7.23. The number of nitrogens with zero attached hydrogens (tertiary/aromatic N) is 3. The molecule has 0 aliphatic carbocycles. The van der Waals surface area contributed by atoms with Crippen LogP contribution in [-0.2, 0) is 12.7 Å². The SMILES string of the molecule is COc1ccc(Cn2cc(-c3cc(C(F)F)nc(SC)n3)ccc2=O)cc1C(F)(F)F. The van der Waals surface area contributed by atoms with Crippen molar-refractivity contribution in [2.45, 2.75) is 24.3 Å². The lowest BCUT2D eigenvalue weighted by Gasteiger charge is -2.14. The van der Waals surface area contributed by atoms with Gasteiger partial charge in [-0.05, 0) is 36.1 Å². The molecular weight excluding hydrogens is 441 g/mol. The van der Waals surface area contributed by atoms with Gasteiger partial charge in [-0.1, -0.05) is 17.8 Å². The average molecular weight is 457 g/mol. The average Bonchev–Trinajstić information content (AvgIpc) is 2.74. The number of benzene rings is 1. The van der Waals surface area contributed by atoms with Crippen molar-refractivity contribution in [3.63, 3.8) is 0 Å². The molecule has 0 amide bonds. The molecule has 11 heteroatoms. The van der Waals surface area contributed by atoms with E-state index in [4.69, 9.17) is 4.74 Å². The van der Waals surface area contributed by atoms with Gasteiger partial charge >= 0.3 is 6.18 Å². The number of aromatic nitrogens is 3. The van der Waals surface area contributed by atoms with E-state index in [1.807, 2.05) is 0 Å². The van der Waals surface area contributed by atoms with Gasteiger partial charge in [-0.25, -0.2) is 18.7 Å². The number of hydrogen-bond donors (Lipinski definition) is 0. The molecule has 0 saturated carbocycles. The highest BCUT2D eigenvalue weighted by molar-refractivity contribution is 7.98. The largest absolute Gasteiger partial charge is 0.496 e. The molecule has 0 N–H and O–H groups in total. The Hall–Kier alpha value is -2.95. The number of methoxy groups -OCH3 is 1. The molecule has 0 atom stereocenters. The number of pyridine rings is 1. The van der Waals surface area contributed by atoms with Gasteiger partial charge in [0.15, 0.2) is 5.16 Å². The van der Waals surface area contributed by atoms with Gasteiger partial charge in [0.25, 0.3) is 12.0 Å². The molecule has 0 spiro atoms. The second-order valence-corrected chi connectivity index (χ2v) is 7.16. The summed E-state index contributed by atoms with van der Waals surface area (Å²) >= 11 is 1.08. The van der Waals surface area contributed by atoms with E-state index < -0.39 is 29.4 Å². The molecule has 0 fully saturated rings. The fraction of sp³-hybridized carbons (Fsp3) is 0.250. The van der Waals surface area contributed by atoms with Crippen LogP contribution in [0.25, 0.3) is 11.3 Å². The lowest BCUT2D eigenvalue weighted by Crippen LogP contribution is -2.19. The van der Waals surface area contributed by atoms with Crippen molar-refractivity contribution in [2.75, 3.05) is 13.4 Å². The van der Waals surface area contributed by atoms with Gasteiger partial charge in [-0.2, -0.15) is 13.2 Å². The molecule has 31 heavy (non-hydrogen) atoms. The van der Waals surface area contributed by atoms with E-state index >= 15 is 0 Å². The first-order valence-corrected chi connectivity index (χ1v) is 10.0. The van der Waals surface area contributed by atoms with Crippen LogP contribution >= 0.6 is 11.8 Å². The Morgan fingerprint density at radius 2 is 1.87 bits per heavy atom.